The Hall–Kier alpha value is -1.38. The van der Waals surface area contributed by atoms with Crippen LogP contribution in [0, 0.1) is 0 Å². The van der Waals surface area contributed by atoms with Crippen molar-refractivity contribution in [3.8, 4) is 0 Å². The lowest BCUT2D eigenvalue weighted by Crippen LogP contribution is -2.07. The monoisotopic (exact) mass is 122 g/mol. The SMILES string of the molecule is NC=Cc1nccc[nH+]1. The van der Waals surface area contributed by atoms with Gasteiger partial charge in [-0.15, -0.1) is 0 Å². The minimum Gasteiger partial charge on any atom is -0.404 e. The Morgan fingerprint density at radius 2 is 2.56 bits per heavy atom. The van der Waals surface area contributed by atoms with E-state index in [2.05, 4.69) is 9.97 Å². The lowest BCUT2D eigenvalue weighted by atomic mass is 10.5. The average Bonchev–Trinajstić information content (AvgIpc) is 1.91. The smallest absolute Gasteiger partial charge is 0.322 e. The lowest BCUT2D eigenvalue weighted by Gasteiger charge is -1.76. The molecule has 3 nitrogen and oxygen atoms in total. The van der Waals surface area contributed by atoms with Gasteiger partial charge in [0.25, 0.3) is 0 Å². The second kappa shape index (κ2) is 2.81. The van der Waals surface area contributed by atoms with E-state index in [1.54, 1.807) is 18.5 Å². The molecule has 0 spiro atoms. The van der Waals surface area contributed by atoms with E-state index < -0.39 is 0 Å². The first-order chi connectivity index (χ1) is 4.43. The Balaban J connectivity index is 2.85. The summed E-state index contributed by atoms with van der Waals surface area (Å²) in [5, 5.41) is 0. The predicted octanol–water partition coefficient (Wildman–Crippen LogP) is -0.175. The van der Waals surface area contributed by atoms with Crippen molar-refractivity contribution in [1.29, 1.82) is 0 Å². The second-order valence-electron chi connectivity index (χ2n) is 1.53. The molecule has 0 aliphatic heterocycles. The van der Waals surface area contributed by atoms with Gasteiger partial charge in [0.1, 0.15) is 6.20 Å². The maximum absolute atomic E-state index is 5.12. The maximum Gasteiger partial charge on any atom is 0.322 e. The first-order valence-electron chi connectivity index (χ1n) is 2.64. The van der Waals surface area contributed by atoms with Crippen LogP contribution in [0.5, 0.6) is 0 Å². The molecule has 0 aromatic carbocycles. The van der Waals surface area contributed by atoms with Crippen LogP contribution in [0.2, 0.25) is 0 Å². The highest BCUT2D eigenvalue weighted by atomic mass is 14.8. The fraction of sp³-hybridized carbons (Fsp3) is 0. The molecule has 0 saturated heterocycles. The summed E-state index contributed by atoms with van der Waals surface area (Å²) in [5.41, 5.74) is 5.12. The summed E-state index contributed by atoms with van der Waals surface area (Å²) in [7, 11) is 0. The molecule has 0 radical (unpaired) electrons. The van der Waals surface area contributed by atoms with Gasteiger partial charge in [0.2, 0.25) is 0 Å². The number of nitrogens with one attached hydrogen (secondary N) is 1. The zero-order chi connectivity index (χ0) is 6.53. The van der Waals surface area contributed by atoms with Crippen LogP contribution in [0.4, 0.5) is 0 Å². The van der Waals surface area contributed by atoms with Crippen molar-refractivity contribution in [3.63, 3.8) is 0 Å². The zero-order valence-corrected chi connectivity index (χ0v) is 4.91. The fourth-order valence-corrected chi connectivity index (χ4v) is 0.519. The number of aromatic amines is 1. The molecule has 0 fully saturated rings. The van der Waals surface area contributed by atoms with E-state index in [4.69, 9.17) is 5.73 Å². The van der Waals surface area contributed by atoms with E-state index in [0.29, 0.717) is 0 Å². The normalized spacial score (nSPS) is 10.2. The Labute approximate surface area is 53.3 Å². The Kier molecular flexibility index (Phi) is 1.80. The average molecular weight is 122 g/mol. The number of rotatable bonds is 1. The first-order valence-corrected chi connectivity index (χ1v) is 2.64. The van der Waals surface area contributed by atoms with Crippen molar-refractivity contribution in [1.82, 2.24) is 4.98 Å². The van der Waals surface area contributed by atoms with Gasteiger partial charge in [-0.05, 0) is 4.98 Å². The van der Waals surface area contributed by atoms with Crippen molar-refractivity contribution >= 4 is 6.08 Å². The second-order valence-corrected chi connectivity index (χ2v) is 1.53. The summed E-state index contributed by atoms with van der Waals surface area (Å²) in [6, 6.07) is 1.81. The molecule has 1 aromatic rings. The van der Waals surface area contributed by atoms with E-state index in [-0.39, 0.29) is 0 Å². The molecule has 1 aromatic heterocycles. The Morgan fingerprint density at radius 3 is 3.11 bits per heavy atom. The summed E-state index contributed by atoms with van der Waals surface area (Å²) in [4.78, 5) is 6.84. The third kappa shape index (κ3) is 1.53. The maximum atomic E-state index is 5.12. The highest BCUT2D eigenvalue weighted by molar-refractivity contribution is 5.34. The van der Waals surface area contributed by atoms with Crippen LogP contribution < -0.4 is 10.7 Å². The summed E-state index contributed by atoms with van der Waals surface area (Å²) < 4.78 is 0. The van der Waals surface area contributed by atoms with Crippen LogP contribution in [-0.4, -0.2) is 4.98 Å². The third-order valence-corrected chi connectivity index (χ3v) is 0.881. The van der Waals surface area contributed by atoms with Gasteiger partial charge < -0.3 is 5.73 Å². The number of nitrogens with two attached hydrogens (primary N) is 1. The summed E-state index contributed by atoms with van der Waals surface area (Å²) >= 11 is 0. The van der Waals surface area contributed by atoms with E-state index in [9.17, 15) is 0 Å². The largest absolute Gasteiger partial charge is 0.404 e. The van der Waals surface area contributed by atoms with Gasteiger partial charge in [-0.25, -0.2) is 4.98 Å². The lowest BCUT2D eigenvalue weighted by molar-refractivity contribution is -0.385. The van der Waals surface area contributed by atoms with Crippen LogP contribution in [0.15, 0.2) is 24.7 Å². The van der Waals surface area contributed by atoms with E-state index in [1.807, 2.05) is 6.07 Å². The van der Waals surface area contributed by atoms with Crippen molar-refractivity contribution in [2.24, 2.45) is 5.73 Å². The number of H-pyrrole nitrogens is 1. The minimum absolute atomic E-state index is 0.764. The molecular weight excluding hydrogens is 114 g/mol. The molecule has 3 heteroatoms. The Bertz CT molecular complexity index is 193. The highest BCUT2D eigenvalue weighted by Gasteiger charge is 1.91. The molecule has 9 heavy (non-hydrogen) atoms. The summed E-state index contributed by atoms with van der Waals surface area (Å²) in [5.74, 6) is 0.764. The van der Waals surface area contributed by atoms with Crippen LogP contribution in [0.25, 0.3) is 6.08 Å². The van der Waals surface area contributed by atoms with E-state index in [0.717, 1.165) is 5.82 Å². The molecule has 0 unspecified atom stereocenters. The third-order valence-electron chi connectivity index (χ3n) is 0.881. The van der Waals surface area contributed by atoms with Crippen LogP contribution in [0.1, 0.15) is 5.82 Å². The molecule has 3 N–H and O–H groups in total. The topological polar surface area (TPSA) is 53.0 Å². The van der Waals surface area contributed by atoms with Crippen LogP contribution >= 0.6 is 0 Å². The standard InChI is InChI=1S/C6H7N3/c7-3-2-6-8-4-1-5-9-6/h1-5H,7H2/p+1. The summed E-state index contributed by atoms with van der Waals surface area (Å²) in [6.45, 7) is 0. The fourth-order valence-electron chi connectivity index (χ4n) is 0.519. The van der Waals surface area contributed by atoms with E-state index >= 15 is 0 Å². The molecule has 1 heterocycles. The number of hydrogen-bond acceptors (Lipinski definition) is 2. The quantitative estimate of drug-likeness (QED) is 0.562. The van der Waals surface area contributed by atoms with Crippen molar-refractivity contribution < 1.29 is 4.98 Å². The van der Waals surface area contributed by atoms with Crippen LogP contribution in [0.3, 0.4) is 0 Å². The molecule has 46 valence electrons. The molecule has 0 amide bonds. The van der Waals surface area contributed by atoms with Gasteiger partial charge in [-0.2, -0.15) is 0 Å². The molecule has 0 aliphatic rings. The number of nitrogens with zero attached hydrogens (tertiary/aromatic N) is 1. The first kappa shape index (κ1) is 5.75. The van der Waals surface area contributed by atoms with Crippen molar-refractivity contribution in [2.45, 2.75) is 0 Å². The zero-order valence-electron chi connectivity index (χ0n) is 4.91. The molecule has 1 rings (SSSR count). The van der Waals surface area contributed by atoms with Gasteiger partial charge in [0, 0.05) is 18.3 Å². The molecule has 0 bridgehead atoms. The summed E-state index contributed by atoms with van der Waals surface area (Å²) in [6.07, 6.45) is 6.63. The number of aromatic nitrogens is 2. The molecule has 0 saturated carbocycles. The van der Waals surface area contributed by atoms with Crippen molar-refractivity contribution in [3.05, 3.63) is 30.5 Å². The van der Waals surface area contributed by atoms with E-state index in [1.165, 1.54) is 6.20 Å². The van der Waals surface area contributed by atoms with Gasteiger partial charge in [-0.3, -0.25) is 0 Å². The highest BCUT2D eigenvalue weighted by Crippen LogP contribution is 1.81. The predicted molar refractivity (Wildman–Crippen MR) is 34.0 cm³/mol. The van der Waals surface area contributed by atoms with Gasteiger partial charge in [-0.1, -0.05) is 0 Å². The van der Waals surface area contributed by atoms with Gasteiger partial charge >= 0.3 is 5.82 Å². The van der Waals surface area contributed by atoms with Crippen LogP contribution in [-0.2, 0) is 0 Å². The van der Waals surface area contributed by atoms with Gasteiger partial charge in [0.05, 0.1) is 6.20 Å². The molecule has 0 atom stereocenters. The number of hydrogen-bond donors (Lipinski definition) is 1. The van der Waals surface area contributed by atoms with Gasteiger partial charge in [0.15, 0.2) is 0 Å². The van der Waals surface area contributed by atoms with Crippen molar-refractivity contribution in [2.75, 3.05) is 0 Å². The Morgan fingerprint density at radius 1 is 1.67 bits per heavy atom. The molecule has 0 aliphatic carbocycles. The molecular formula is C6H8N3+. The minimum atomic E-state index is 0.764.